The Morgan fingerprint density at radius 1 is 1.00 bits per heavy atom. The summed E-state index contributed by atoms with van der Waals surface area (Å²) in [6.07, 6.45) is 8.84. The highest BCUT2D eigenvalue weighted by molar-refractivity contribution is 5.84. The fourth-order valence-electron chi connectivity index (χ4n) is 6.01. The number of hydrogen-bond donors (Lipinski definition) is 1. The summed E-state index contributed by atoms with van der Waals surface area (Å²) in [5.41, 5.74) is 0.319. The number of hydrogen-bond acceptors (Lipinski definition) is 10. The molecule has 0 aliphatic carbocycles. The molecule has 12 nitrogen and oxygen atoms in total. The molecule has 3 saturated heterocycles. The number of amides is 1. The van der Waals surface area contributed by atoms with Crippen molar-refractivity contribution in [3.05, 3.63) is 34.4 Å². The molecule has 3 aliphatic heterocycles. The van der Waals surface area contributed by atoms with Crippen LogP contribution in [0.5, 0.6) is 0 Å². The predicted octanol–water partition coefficient (Wildman–Crippen LogP) is 6.03. The van der Waals surface area contributed by atoms with Crippen LogP contribution >= 0.6 is 0 Å². The summed E-state index contributed by atoms with van der Waals surface area (Å²) < 4.78 is 36.6. The zero-order chi connectivity index (χ0) is 31.4. The highest BCUT2D eigenvalue weighted by Crippen LogP contribution is 2.41. The third-order valence-electron chi connectivity index (χ3n) is 8.32. The van der Waals surface area contributed by atoms with Crippen molar-refractivity contribution >= 4 is 17.5 Å². The number of anilines is 1. The fourth-order valence-corrected chi connectivity index (χ4v) is 6.01. The van der Waals surface area contributed by atoms with Gasteiger partial charge in [0.25, 0.3) is 5.69 Å². The Morgan fingerprint density at radius 2 is 1.61 bits per heavy atom. The average Bonchev–Trinajstić information content (AvgIpc) is 3.49. The minimum absolute atomic E-state index is 0.0654. The molecule has 0 aromatic heterocycles. The highest BCUT2D eigenvalue weighted by atomic mass is 16.8. The molecule has 0 bridgehead atoms. The molecule has 1 N–H and O–H groups in total. The van der Waals surface area contributed by atoms with Crippen molar-refractivity contribution in [2.75, 3.05) is 44.8 Å². The summed E-state index contributed by atoms with van der Waals surface area (Å²) in [6.45, 7) is 9.53. The van der Waals surface area contributed by atoms with Crippen molar-refractivity contribution < 1.29 is 38.1 Å². The summed E-state index contributed by atoms with van der Waals surface area (Å²) in [5.74, 6) is -0.833. The van der Waals surface area contributed by atoms with E-state index >= 15 is 0 Å². The summed E-state index contributed by atoms with van der Waals surface area (Å²) >= 11 is 0. The Bertz CT molecular complexity index is 1020. The maximum absolute atomic E-state index is 13.1. The molecule has 0 radical (unpaired) electrons. The number of ether oxygens (including phenoxy) is 6. The maximum atomic E-state index is 13.1. The van der Waals surface area contributed by atoms with Crippen LogP contribution in [-0.4, -0.2) is 91.9 Å². The second-order valence-corrected chi connectivity index (χ2v) is 12.4. The molecule has 0 spiro atoms. The Labute approximate surface area is 261 Å². The van der Waals surface area contributed by atoms with E-state index < -0.39 is 47.5 Å². The standard InChI is InChI=1S/C32H51N3O9/c1-4-5-6-7-8-9-10-11-12-13-20-40-30-29-28(43-32(2,3)44-29)27(42-30)26(23-34-18-21-39-22-19-34)41-31(36)33-24-14-16-25(17-15-24)35(37)38/h14-17,26-30H,4-13,18-23H2,1-3H3,(H,33,36)/t26-,27-,28+,29+,30+/m1/s1. The zero-order valence-electron chi connectivity index (χ0n) is 26.6. The van der Waals surface area contributed by atoms with Gasteiger partial charge in [-0.25, -0.2) is 4.79 Å². The van der Waals surface area contributed by atoms with Gasteiger partial charge in [-0.05, 0) is 32.4 Å². The second kappa shape index (κ2) is 17.4. The third-order valence-corrected chi connectivity index (χ3v) is 8.32. The molecule has 1 aromatic rings. The lowest BCUT2D eigenvalue weighted by atomic mass is 10.0. The topological polar surface area (TPSA) is 131 Å². The molecule has 248 valence electrons. The van der Waals surface area contributed by atoms with Crippen molar-refractivity contribution in [3.63, 3.8) is 0 Å². The second-order valence-electron chi connectivity index (χ2n) is 12.4. The van der Waals surface area contributed by atoms with Gasteiger partial charge in [0.15, 0.2) is 12.1 Å². The van der Waals surface area contributed by atoms with E-state index in [4.69, 9.17) is 28.4 Å². The molecule has 12 heteroatoms. The molecule has 44 heavy (non-hydrogen) atoms. The first kappa shape index (κ1) is 34.5. The van der Waals surface area contributed by atoms with Crippen molar-refractivity contribution in [3.8, 4) is 0 Å². The van der Waals surface area contributed by atoms with Crippen LogP contribution in [0.3, 0.4) is 0 Å². The van der Waals surface area contributed by atoms with E-state index in [1.807, 2.05) is 13.8 Å². The first-order valence-corrected chi connectivity index (χ1v) is 16.4. The van der Waals surface area contributed by atoms with E-state index in [2.05, 4.69) is 17.1 Å². The first-order valence-electron chi connectivity index (χ1n) is 16.4. The molecule has 0 unspecified atom stereocenters. The maximum Gasteiger partial charge on any atom is 0.412 e. The van der Waals surface area contributed by atoms with Gasteiger partial charge >= 0.3 is 6.09 Å². The number of nitro benzene ring substituents is 1. The van der Waals surface area contributed by atoms with Crippen LogP contribution in [0, 0.1) is 10.1 Å². The number of rotatable bonds is 18. The number of non-ortho nitro benzene ring substituents is 1. The average molecular weight is 622 g/mol. The molecule has 5 atom stereocenters. The van der Waals surface area contributed by atoms with Crippen LogP contribution in [-0.2, 0) is 28.4 Å². The Morgan fingerprint density at radius 3 is 2.25 bits per heavy atom. The van der Waals surface area contributed by atoms with E-state index in [1.54, 1.807) is 0 Å². The Hall–Kier alpha value is -2.35. The number of carbonyl (C=O) groups is 1. The van der Waals surface area contributed by atoms with Crippen LogP contribution in [0.2, 0.25) is 0 Å². The number of morpholine rings is 1. The number of benzene rings is 1. The summed E-state index contributed by atoms with van der Waals surface area (Å²) in [7, 11) is 0. The van der Waals surface area contributed by atoms with Crippen molar-refractivity contribution in [2.45, 2.75) is 121 Å². The van der Waals surface area contributed by atoms with Crippen molar-refractivity contribution in [2.24, 2.45) is 0 Å². The lowest BCUT2D eigenvalue weighted by molar-refractivity contribution is -0.384. The molecular formula is C32H51N3O9. The van der Waals surface area contributed by atoms with Gasteiger partial charge in [0, 0.05) is 44.1 Å². The number of nitrogens with one attached hydrogen (secondary N) is 1. The number of unbranched alkanes of at least 4 members (excludes halogenated alkanes) is 9. The number of nitrogens with zero attached hydrogens (tertiary/aromatic N) is 2. The van der Waals surface area contributed by atoms with E-state index in [0.29, 0.717) is 45.1 Å². The van der Waals surface area contributed by atoms with E-state index in [9.17, 15) is 14.9 Å². The molecule has 3 aliphatic rings. The summed E-state index contributed by atoms with van der Waals surface area (Å²) in [6, 6.07) is 5.58. The van der Waals surface area contributed by atoms with Gasteiger partial charge in [0.2, 0.25) is 0 Å². The van der Waals surface area contributed by atoms with E-state index in [-0.39, 0.29) is 5.69 Å². The SMILES string of the molecule is CCCCCCCCCCCCO[C@H]1O[C@H]([C@@H](CN2CCOCC2)OC(=O)Nc2ccc([N+](=O)[O-])cc2)[C@@H]2OC(C)(C)O[C@H]12. The zero-order valence-corrected chi connectivity index (χ0v) is 26.6. The van der Waals surface area contributed by atoms with E-state index in [0.717, 1.165) is 12.8 Å². The van der Waals surface area contributed by atoms with Crippen molar-refractivity contribution in [1.82, 2.24) is 4.90 Å². The lowest BCUT2D eigenvalue weighted by Crippen LogP contribution is -2.50. The molecule has 4 rings (SSSR count). The third kappa shape index (κ3) is 10.6. The molecule has 1 amide bonds. The minimum atomic E-state index is -0.833. The fraction of sp³-hybridized carbons (Fsp3) is 0.781. The Kier molecular flexibility index (Phi) is 13.6. The van der Waals surface area contributed by atoms with Gasteiger partial charge in [-0.1, -0.05) is 64.7 Å². The van der Waals surface area contributed by atoms with Crippen LogP contribution in [0.25, 0.3) is 0 Å². The first-order chi connectivity index (χ1) is 21.3. The molecule has 3 fully saturated rings. The van der Waals surface area contributed by atoms with Gasteiger partial charge in [0.05, 0.1) is 18.1 Å². The monoisotopic (exact) mass is 621 g/mol. The molecule has 1 aromatic carbocycles. The van der Waals surface area contributed by atoms with Crippen LogP contribution < -0.4 is 5.32 Å². The summed E-state index contributed by atoms with van der Waals surface area (Å²) in [4.78, 5) is 25.7. The minimum Gasteiger partial charge on any atom is -0.442 e. The van der Waals surface area contributed by atoms with Crippen LogP contribution in [0.1, 0.15) is 85.0 Å². The molecule has 0 saturated carbocycles. The van der Waals surface area contributed by atoms with Gasteiger partial charge < -0.3 is 28.4 Å². The normalized spacial score (nSPS) is 25.4. The highest BCUT2D eigenvalue weighted by Gasteiger charge is 2.58. The van der Waals surface area contributed by atoms with Crippen LogP contribution in [0.15, 0.2) is 24.3 Å². The Balaban J connectivity index is 1.32. The lowest BCUT2D eigenvalue weighted by Gasteiger charge is -2.34. The van der Waals surface area contributed by atoms with E-state index in [1.165, 1.54) is 75.6 Å². The van der Waals surface area contributed by atoms with Gasteiger partial charge in [-0.15, -0.1) is 0 Å². The quantitative estimate of drug-likeness (QED) is 0.118. The number of nitro groups is 1. The molecule has 3 heterocycles. The number of fused-ring (bicyclic) bond motifs is 1. The summed E-state index contributed by atoms with van der Waals surface area (Å²) in [5, 5.41) is 13.7. The largest absolute Gasteiger partial charge is 0.442 e. The van der Waals surface area contributed by atoms with Gasteiger partial charge in [-0.2, -0.15) is 0 Å². The van der Waals surface area contributed by atoms with Crippen LogP contribution in [0.4, 0.5) is 16.2 Å². The predicted molar refractivity (Wildman–Crippen MR) is 165 cm³/mol. The van der Waals surface area contributed by atoms with Gasteiger partial charge in [-0.3, -0.25) is 20.3 Å². The van der Waals surface area contributed by atoms with Crippen molar-refractivity contribution in [1.29, 1.82) is 0 Å². The van der Waals surface area contributed by atoms with Gasteiger partial charge in [0.1, 0.15) is 24.4 Å². The number of carbonyl (C=O) groups excluding carboxylic acids is 1. The molecular weight excluding hydrogens is 570 g/mol. The smallest absolute Gasteiger partial charge is 0.412 e.